The van der Waals surface area contributed by atoms with Crippen LogP contribution in [-0.2, 0) is 16.8 Å². The van der Waals surface area contributed by atoms with Gasteiger partial charge in [-0.25, -0.2) is 4.98 Å². The van der Waals surface area contributed by atoms with Crippen LogP contribution in [0.15, 0.2) is 18.3 Å². The van der Waals surface area contributed by atoms with Gasteiger partial charge in [0.25, 0.3) is 0 Å². The van der Waals surface area contributed by atoms with Crippen LogP contribution in [0, 0.1) is 0 Å². The van der Waals surface area contributed by atoms with Crippen LogP contribution in [0.3, 0.4) is 0 Å². The third-order valence-electron chi connectivity index (χ3n) is 3.56. The third-order valence-corrected chi connectivity index (χ3v) is 5.00. The zero-order chi connectivity index (χ0) is 14.0. The lowest BCUT2D eigenvalue weighted by atomic mass is 9.74. The smallest absolute Gasteiger partial charge is 0.140 e. The lowest BCUT2D eigenvalue weighted by Gasteiger charge is -2.36. The van der Waals surface area contributed by atoms with Crippen LogP contribution >= 0.6 is 11.6 Å². The van der Waals surface area contributed by atoms with Gasteiger partial charge in [0, 0.05) is 24.0 Å². The van der Waals surface area contributed by atoms with Crippen LogP contribution in [0.25, 0.3) is 0 Å². The van der Waals surface area contributed by atoms with Crippen molar-refractivity contribution in [3.8, 4) is 0 Å². The van der Waals surface area contributed by atoms with Crippen molar-refractivity contribution in [1.29, 1.82) is 0 Å². The van der Waals surface area contributed by atoms with E-state index in [0.29, 0.717) is 5.15 Å². The van der Waals surface area contributed by atoms with Crippen molar-refractivity contribution in [2.24, 2.45) is 5.14 Å². The van der Waals surface area contributed by atoms with Crippen molar-refractivity contribution in [1.82, 2.24) is 4.98 Å². The Morgan fingerprint density at radius 2 is 2.06 bits per heavy atom. The molecule has 1 aromatic heterocycles. The highest BCUT2D eigenvalue weighted by Gasteiger charge is 2.39. The van der Waals surface area contributed by atoms with Gasteiger partial charge in [0.1, 0.15) is 9.90 Å². The number of hydrogen-bond donors (Lipinski definition) is 1. The van der Waals surface area contributed by atoms with Crippen LogP contribution in [0.1, 0.15) is 46.1 Å². The maximum atomic E-state index is 11.6. The van der Waals surface area contributed by atoms with Gasteiger partial charge in [0.2, 0.25) is 0 Å². The number of nitrogens with zero attached hydrogens (tertiary/aromatic N) is 1. The van der Waals surface area contributed by atoms with E-state index in [1.54, 1.807) is 6.20 Å². The topological polar surface area (TPSA) is 62.0 Å². The first-order valence-electron chi connectivity index (χ1n) is 5.99. The van der Waals surface area contributed by atoms with Crippen molar-refractivity contribution in [3.63, 3.8) is 0 Å². The monoisotopic (exact) mass is 288 g/mol. The predicted molar refractivity (Wildman–Crippen MR) is 77.9 cm³/mol. The Kier molecular flexibility index (Phi) is 5.06. The van der Waals surface area contributed by atoms with Crippen molar-refractivity contribution in [2.45, 2.75) is 50.7 Å². The van der Waals surface area contributed by atoms with Gasteiger partial charge in [-0.15, -0.1) is 0 Å². The summed E-state index contributed by atoms with van der Waals surface area (Å²) in [5.41, 5.74) is 1.01. The maximum absolute atomic E-state index is 11.6. The van der Waals surface area contributed by atoms with E-state index in [1.165, 1.54) is 0 Å². The normalized spacial score (nSPS) is 17.3. The molecule has 0 amide bonds. The molecule has 2 atom stereocenters. The van der Waals surface area contributed by atoms with E-state index in [4.69, 9.17) is 16.7 Å². The van der Waals surface area contributed by atoms with E-state index in [-0.39, 0.29) is 5.41 Å². The number of hydrogen-bond acceptors (Lipinski definition) is 3. The van der Waals surface area contributed by atoms with Crippen LogP contribution < -0.4 is 5.14 Å². The number of aromatic nitrogens is 1. The van der Waals surface area contributed by atoms with E-state index in [9.17, 15) is 4.55 Å². The van der Waals surface area contributed by atoms with E-state index in [0.717, 1.165) is 18.4 Å². The Hall–Kier alpha value is -0.290. The molecule has 0 saturated heterocycles. The van der Waals surface area contributed by atoms with Crippen LogP contribution in [0.2, 0.25) is 5.15 Å². The minimum atomic E-state index is -1.35. The van der Waals surface area contributed by atoms with Gasteiger partial charge in [-0.1, -0.05) is 25.4 Å². The first-order chi connectivity index (χ1) is 8.21. The number of pyridine rings is 1. The average Bonchev–Trinajstić information content (AvgIpc) is 2.28. The summed E-state index contributed by atoms with van der Waals surface area (Å²) in [6, 6.07) is 3.84. The summed E-state index contributed by atoms with van der Waals surface area (Å²) < 4.78 is 11.2. The SMILES string of the molecule is CC[C@](C)(CC(C)(C)[S+](N)[O-])c1ccnc(Cl)c1. The standard InChI is InChI=1S/C13H21ClN2OS/c1-5-13(4,9-12(2,3)18(15)17)10-6-7-16-11(14)8-10/h6-8H,5,9,15H2,1-4H3/t13-,18?/m1/s1. The van der Waals surface area contributed by atoms with E-state index in [1.807, 2.05) is 26.0 Å². The Morgan fingerprint density at radius 1 is 1.44 bits per heavy atom. The Bertz CT molecular complexity index is 412. The van der Waals surface area contributed by atoms with Gasteiger partial charge in [-0.3, -0.25) is 0 Å². The quantitative estimate of drug-likeness (QED) is 0.668. The van der Waals surface area contributed by atoms with Gasteiger partial charge < -0.3 is 4.55 Å². The molecule has 18 heavy (non-hydrogen) atoms. The molecular weight excluding hydrogens is 268 g/mol. The molecule has 0 aliphatic carbocycles. The molecule has 2 N–H and O–H groups in total. The molecule has 1 heterocycles. The average molecular weight is 289 g/mol. The van der Waals surface area contributed by atoms with Crippen molar-refractivity contribution in [3.05, 3.63) is 29.0 Å². The molecule has 102 valence electrons. The summed E-state index contributed by atoms with van der Waals surface area (Å²) in [7, 11) is 0. The summed E-state index contributed by atoms with van der Waals surface area (Å²) in [6.07, 6.45) is 3.37. The second-order valence-corrected chi connectivity index (χ2v) is 7.60. The highest BCUT2D eigenvalue weighted by Crippen LogP contribution is 2.38. The van der Waals surface area contributed by atoms with Crippen molar-refractivity contribution < 1.29 is 4.55 Å². The molecule has 0 aliphatic rings. The zero-order valence-corrected chi connectivity index (χ0v) is 12.9. The minimum absolute atomic E-state index is 0.106. The Balaban J connectivity index is 3.06. The van der Waals surface area contributed by atoms with Crippen LogP contribution in [0.5, 0.6) is 0 Å². The Morgan fingerprint density at radius 3 is 2.50 bits per heavy atom. The van der Waals surface area contributed by atoms with Crippen LogP contribution in [0.4, 0.5) is 0 Å². The molecule has 0 bridgehead atoms. The number of halogens is 1. The minimum Gasteiger partial charge on any atom is -0.598 e. The first kappa shape index (κ1) is 15.8. The zero-order valence-electron chi connectivity index (χ0n) is 11.4. The summed E-state index contributed by atoms with van der Waals surface area (Å²) in [5.74, 6) is 0. The highest BCUT2D eigenvalue weighted by atomic mass is 35.5. The fourth-order valence-corrected chi connectivity index (χ4v) is 2.85. The molecule has 0 spiro atoms. The molecule has 1 aromatic rings. The van der Waals surface area contributed by atoms with Crippen LogP contribution in [-0.4, -0.2) is 14.3 Å². The molecule has 1 unspecified atom stereocenters. The van der Waals surface area contributed by atoms with E-state index < -0.39 is 16.1 Å². The second-order valence-electron chi connectivity index (χ2n) is 5.52. The number of nitrogens with two attached hydrogens (primary N) is 1. The summed E-state index contributed by atoms with van der Waals surface area (Å²) >= 11 is 4.59. The molecule has 0 aromatic carbocycles. The molecule has 0 saturated carbocycles. The van der Waals surface area contributed by atoms with Gasteiger partial charge >= 0.3 is 0 Å². The summed E-state index contributed by atoms with van der Waals surface area (Å²) in [5, 5.41) is 6.06. The van der Waals surface area contributed by atoms with E-state index in [2.05, 4.69) is 18.8 Å². The fraction of sp³-hybridized carbons (Fsp3) is 0.615. The van der Waals surface area contributed by atoms with E-state index >= 15 is 0 Å². The molecule has 3 nitrogen and oxygen atoms in total. The largest absolute Gasteiger partial charge is 0.598 e. The molecule has 0 aliphatic heterocycles. The highest BCUT2D eigenvalue weighted by molar-refractivity contribution is 7.90. The maximum Gasteiger partial charge on any atom is 0.140 e. The predicted octanol–water partition coefficient (Wildman–Crippen LogP) is 3.19. The molecule has 1 rings (SSSR count). The first-order valence-corrected chi connectivity index (χ1v) is 7.59. The fourth-order valence-electron chi connectivity index (χ4n) is 2.22. The Labute approximate surface area is 117 Å². The van der Waals surface area contributed by atoms with Crippen molar-refractivity contribution >= 4 is 23.0 Å². The van der Waals surface area contributed by atoms with Crippen molar-refractivity contribution in [2.75, 3.05) is 0 Å². The summed E-state index contributed by atoms with van der Waals surface area (Å²) in [6.45, 7) is 8.12. The molecule has 0 fully saturated rings. The van der Waals surface area contributed by atoms with Gasteiger partial charge in [-0.05, 0) is 43.4 Å². The molecule has 0 radical (unpaired) electrons. The third kappa shape index (κ3) is 3.60. The second kappa shape index (κ2) is 5.78. The lowest BCUT2D eigenvalue weighted by molar-refractivity contribution is 0.364. The van der Waals surface area contributed by atoms with Gasteiger partial charge in [-0.2, -0.15) is 5.14 Å². The van der Waals surface area contributed by atoms with Gasteiger partial charge in [0.15, 0.2) is 0 Å². The summed E-state index contributed by atoms with van der Waals surface area (Å²) in [4.78, 5) is 4.00. The molecule has 5 heteroatoms. The van der Waals surface area contributed by atoms with Gasteiger partial charge in [0.05, 0.1) is 0 Å². The lowest BCUT2D eigenvalue weighted by Crippen LogP contribution is -2.43. The molecular formula is C13H21ClN2OS. The number of rotatable bonds is 5.